The predicted octanol–water partition coefficient (Wildman–Crippen LogP) is 2.30. The fourth-order valence-corrected chi connectivity index (χ4v) is 5.19. The van der Waals surface area contributed by atoms with Gasteiger partial charge in [-0.25, -0.2) is 12.7 Å². The van der Waals surface area contributed by atoms with Crippen LogP contribution in [0.2, 0.25) is 0 Å². The van der Waals surface area contributed by atoms with Crippen LogP contribution in [0, 0.1) is 0 Å². The molecule has 1 N–H and O–H groups in total. The first-order valence-corrected chi connectivity index (χ1v) is 9.90. The van der Waals surface area contributed by atoms with E-state index in [4.69, 9.17) is 4.74 Å². The quantitative estimate of drug-likeness (QED) is 0.865. The van der Waals surface area contributed by atoms with Crippen LogP contribution in [0.15, 0.2) is 24.3 Å². The van der Waals surface area contributed by atoms with Crippen LogP contribution in [0.1, 0.15) is 44.2 Å². The van der Waals surface area contributed by atoms with Gasteiger partial charge in [0, 0.05) is 30.7 Å². The second kappa shape index (κ2) is 6.79. The number of hydrogen-bond donors (Lipinski definition) is 1. The number of benzene rings is 1. The van der Waals surface area contributed by atoms with Crippen LogP contribution < -0.4 is 10.1 Å². The number of rotatable bonds is 6. The molecule has 1 aromatic rings. The largest absolute Gasteiger partial charge is 0.496 e. The molecule has 1 aliphatic carbocycles. The second-order valence-corrected chi connectivity index (χ2v) is 8.76. The molecule has 1 saturated carbocycles. The fraction of sp³-hybridized carbons (Fsp3) is 0.647. The lowest BCUT2D eigenvalue weighted by molar-refractivity contribution is 0.275. The van der Waals surface area contributed by atoms with Crippen molar-refractivity contribution >= 4 is 10.0 Å². The van der Waals surface area contributed by atoms with Crippen molar-refractivity contribution < 1.29 is 13.2 Å². The van der Waals surface area contributed by atoms with E-state index in [9.17, 15) is 8.42 Å². The van der Waals surface area contributed by atoms with Crippen LogP contribution in [-0.2, 0) is 10.0 Å². The fourth-order valence-electron chi connectivity index (χ4n) is 3.32. The van der Waals surface area contributed by atoms with Crippen molar-refractivity contribution in [3.63, 3.8) is 0 Å². The van der Waals surface area contributed by atoms with Gasteiger partial charge in [-0.15, -0.1) is 0 Å². The summed E-state index contributed by atoms with van der Waals surface area (Å²) in [5.41, 5.74) is 1.14. The van der Waals surface area contributed by atoms with Gasteiger partial charge in [-0.1, -0.05) is 18.2 Å². The Labute approximate surface area is 139 Å². The highest BCUT2D eigenvalue weighted by atomic mass is 32.2. The molecule has 0 aromatic heterocycles. The van der Waals surface area contributed by atoms with Crippen LogP contribution in [0.3, 0.4) is 0 Å². The van der Waals surface area contributed by atoms with Crippen LogP contribution >= 0.6 is 0 Å². The zero-order valence-corrected chi connectivity index (χ0v) is 14.7. The molecule has 6 heteroatoms. The molecule has 5 nitrogen and oxygen atoms in total. The molecule has 1 aliphatic heterocycles. The molecule has 1 atom stereocenters. The molecular weight excluding hydrogens is 312 g/mol. The van der Waals surface area contributed by atoms with E-state index in [-0.39, 0.29) is 11.3 Å². The van der Waals surface area contributed by atoms with Gasteiger partial charge in [-0.3, -0.25) is 0 Å². The first-order chi connectivity index (χ1) is 11.0. The van der Waals surface area contributed by atoms with Gasteiger partial charge in [-0.05, 0) is 38.7 Å². The van der Waals surface area contributed by atoms with Crippen molar-refractivity contribution in [3.8, 4) is 5.75 Å². The molecule has 1 heterocycles. The summed E-state index contributed by atoms with van der Waals surface area (Å²) < 4.78 is 31.7. The minimum absolute atomic E-state index is 0.0977. The SMILES string of the molecule is COc1ccccc1[C@@H](C)NC1CCN(S(=O)(=O)C2CC2)CC1. The zero-order valence-electron chi connectivity index (χ0n) is 13.9. The molecule has 2 aliphatic rings. The number of nitrogens with zero attached hydrogens (tertiary/aromatic N) is 1. The highest BCUT2D eigenvalue weighted by Gasteiger charge is 2.41. The molecule has 0 unspecified atom stereocenters. The van der Waals surface area contributed by atoms with Gasteiger partial charge in [0.15, 0.2) is 0 Å². The van der Waals surface area contributed by atoms with Crippen LogP contribution in [0.5, 0.6) is 5.75 Å². The predicted molar refractivity (Wildman–Crippen MR) is 91.1 cm³/mol. The Kier molecular flexibility index (Phi) is 4.94. The number of sulfonamides is 1. The van der Waals surface area contributed by atoms with Gasteiger partial charge in [0.1, 0.15) is 5.75 Å². The first kappa shape index (κ1) is 16.7. The van der Waals surface area contributed by atoms with Crippen molar-refractivity contribution in [2.75, 3.05) is 20.2 Å². The maximum atomic E-state index is 12.3. The van der Waals surface area contributed by atoms with Gasteiger partial charge in [0.25, 0.3) is 0 Å². The molecule has 128 valence electrons. The van der Waals surface area contributed by atoms with E-state index in [0.29, 0.717) is 19.1 Å². The van der Waals surface area contributed by atoms with Crippen LogP contribution in [0.4, 0.5) is 0 Å². The standard InChI is InChI=1S/C17H26N2O3S/c1-13(16-5-3-4-6-17(16)22-2)18-14-9-11-19(12-10-14)23(20,21)15-7-8-15/h3-6,13-15,18H,7-12H2,1-2H3/t13-/m1/s1. The summed E-state index contributed by atoms with van der Waals surface area (Å²) in [4.78, 5) is 0. The number of piperidine rings is 1. The molecule has 23 heavy (non-hydrogen) atoms. The summed E-state index contributed by atoms with van der Waals surface area (Å²) in [5, 5.41) is 3.53. The van der Waals surface area contributed by atoms with E-state index in [2.05, 4.69) is 18.3 Å². The number of para-hydroxylation sites is 1. The Hall–Kier alpha value is -1.11. The Balaban J connectivity index is 1.56. The van der Waals surface area contributed by atoms with E-state index in [1.54, 1.807) is 11.4 Å². The van der Waals surface area contributed by atoms with Gasteiger partial charge < -0.3 is 10.1 Å². The number of hydrogen-bond acceptors (Lipinski definition) is 4. The highest BCUT2D eigenvalue weighted by molar-refractivity contribution is 7.90. The van der Waals surface area contributed by atoms with Crippen molar-refractivity contribution in [2.45, 2.75) is 49.9 Å². The summed E-state index contributed by atoms with van der Waals surface area (Å²) in [7, 11) is -1.33. The molecule has 0 radical (unpaired) electrons. The molecule has 1 aromatic carbocycles. The third kappa shape index (κ3) is 3.70. The summed E-state index contributed by atoms with van der Waals surface area (Å²) in [6.07, 6.45) is 3.41. The zero-order chi connectivity index (χ0) is 16.4. The van der Waals surface area contributed by atoms with Crippen molar-refractivity contribution in [1.82, 2.24) is 9.62 Å². The topological polar surface area (TPSA) is 58.6 Å². The number of ether oxygens (including phenoxy) is 1. The molecule has 0 bridgehead atoms. The van der Waals surface area contributed by atoms with Crippen molar-refractivity contribution in [3.05, 3.63) is 29.8 Å². The Bertz CT molecular complexity index is 635. The summed E-state index contributed by atoms with van der Waals surface area (Å²) in [5.74, 6) is 0.890. The minimum Gasteiger partial charge on any atom is -0.496 e. The molecule has 0 spiro atoms. The highest BCUT2D eigenvalue weighted by Crippen LogP contribution is 2.32. The maximum absolute atomic E-state index is 12.3. The molecular formula is C17H26N2O3S. The average Bonchev–Trinajstić information content (AvgIpc) is 3.40. The lowest BCUT2D eigenvalue weighted by Gasteiger charge is -2.33. The van der Waals surface area contributed by atoms with E-state index in [1.807, 2.05) is 18.2 Å². The van der Waals surface area contributed by atoms with Crippen molar-refractivity contribution in [1.29, 1.82) is 0 Å². The first-order valence-electron chi connectivity index (χ1n) is 8.40. The van der Waals surface area contributed by atoms with Crippen LogP contribution in [-0.4, -0.2) is 44.2 Å². The summed E-state index contributed by atoms with van der Waals surface area (Å²) in [6.45, 7) is 3.40. The number of nitrogens with one attached hydrogen (secondary N) is 1. The summed E-state index contributed by atoms with van der Waals surface area (Å²) >= 11 is 0. The Morgan fingerprint density at radius 3 is 2.43 bits per heavy atom. The lowest BCUT2D eigenvalue weighted by atomic mass is 10.0. The molecule has 1 saturated heterocycles. The summed E-state index contributed by atoms with van der Waals surface area (Å²) in [6, 6.07) is 8.56. The van der Waals surface area contributed by atoms with E-state index in [1.165, 1.54) is 0 Å². The van der Waals surface area contributed by atoms with Crippen LogP contribution in [0.25, 0.3) is 0 Å². The third-order valence-electron chi connectivity index (χ3n) is 4.85. The second-order valence-electron chi connectivity index (χ2n) is 6.55. The minimum atomic E-state index is -3.02. The number of methoxy groups -OCH3 is 1. The van der Waals surface area contributed by atoms with E-state index >= 15 is 0 Å². The smallest absolute Gasteiger partial charge is 0.216 e. The van der Waals surface area contributed by atoms with Gasteiger partial charge in [0.2, 0.25) is 10.0 Å². The van der Waals surface area contributed by atoms with Gasteiger partial charge in [-0.2, -0.15) is 0 Å². The average molecular weight is 338 g/mol. The third-order valence-corrected chi connectivity index (χ3v) is 7.25. The van der Waals surface area contributed by atoms with E-state index in [0.717, 1.165) is 37.0 Å². The Morgan fingerprint density at radius 1 is 1.17 bits per heavy atom. The monoisotopic (exact) mass is 338 g/mol. The van der Waals surface area contributed by atoms with E-state index < -0.39 is 10.0 Å². The molecule has 0 amide bonds. The lowest BCUT2D eigenvalue weighted by Crippen LogP contribution is -2.46. The maximum Gasteiger partial charge on any atom is 0.216 e. The van der Waals surface area contributed by atoms with Gasteiger partial charge >= 0.3 is 0 Å². The molecule has 3 rings (SSSR count). The van der Waals surface area contributed by atoms with Gasteiger partial charge in [0.05, 0.1) is 12.4 Å². The van der Waals surface area contributed by atoms with Crippen molar-refractivity contribution in [2.24, 2.45) is 0 Å². The Morgan fingerprint density at radius 2 is 1.83 bits per heavy atom. The normalized spacial score (nSPS) is 22.0. The molecule has 2 fully saturated rings.